The first kappa shape index (κ1) is 18.1. The molecule has 0 saturated carbocycles. The summed E-state index contributed by atoms with van der Waals surface area (Å²) >= 11 is 0. The highest BCUT2D eigenvalue weighted by molar-refractivity contribution is 5.39. The van der Waals surface area contributed by atoms with Gasteiger partial charge in [-0.25, -0.2) is 0 Å². The number of piperidine rings is 1. The molecule has 0 unspecified atom stereocenters. The van der Waals surface area contributed by atoms with E-state index in [4.69, 9.17) is 9.47 Å². The molecule has 23 heavy (non-hydrogen) atoms. The number of nitrogens with zero attached hydrogens (tertiary/aromatic N) is 1. The van der Waals surface area contributed by atoms with Crippen molar-refractivity contribution in [1.82, 2.24) is 4.90 Å². The number of benzene rings is 1. The molecule has 0 amide bonds. The maximum absolute atomic E-state index is 5.86. The molecule has 0 bridgehead atoms. The highest BCUT2D eigenvalue weighted by atomic mass is 16.5. The molecule has 1 aliphatic heterocycles. The first-order valence-corrected chi connectivity index (χ1v) is 9.36. The first-order valence-electron chi connectivity index (χ1n) is 9.36. The molecule has 1 fully saturated rings. The van der Waals surface area contributed by atoms with E-state index in [2.05, 4.69) is 11.8 Å². The Morgan fingerprint density at radius 3 is 2.30 bits per heavy atom. The lowest BCUT2D eigenvalue weighted by Crippen LogP contribution is -2.33. The van der Waals surface area contributed by atoms with Gasteiger partial charge in [0, 0.05) is 0 Å². The Hall–Kier alpha value is -1.22. The molecule has 1 heterocycles. The van der Waals surface area contributed by atoms with Crippen molar-refractivity contribution >= 4 is 0 Å². The minimum atomic E-state index is 0.676. The number of likely N-dealkylation sites (tertiary alicyclic amines) is 1. The maximum atomic E-state index is 5.86. The molecule has 3 nitrogen and oxygen atoms in total. The van der Waals surface area contributed by atoms with Gasteiger partial charge < -0.3 is 14.4 Å². The van der Waals surface area contributed by atoms with Crippen LogP contribution in [0, 0.1) is 5.92 Å². The van der Waals surface area contributed by atoms with Crippen LogP contribution in [0.4, 0.5) is 0 Å². The Bertz CT molecular complexity index is 427. The van der Waals surface area contributed by atoms with Gasteiger partial charge in [-0.1, -0.05) is 31.9 Å². The zero-order chi connectivity index (χ0) is 16.3. The van der Waals surface area contributed by atoms with Crippen LogP contribution in [0.3, 0.4) is 0 Å². The van der Waals surface area contributed by atoms with Crippen molar-refractivity contribution in [1.29, 1.82) is 0 Å². The van der Waals surface area contributed by atoms with Gasteiger partial charge in [-0.3, -0.25) is 0 Å². The topological polar surface area (TPSA) is 21.7 Å². The summed E-state index contributed by atoms with van der Waals surface area (Å²) in [5.41, 5.74) is 0. The van der Waals surface area contributed by atoms with E-state index < -0.39 is 0 Å². The number of rotatable bonds is 10. The van der Waals surface area contributed by atoms with E-state index in [9.17, 15) is 0 Å². The van der Waals surface area contributed by atoms with Crippen LogP contribution in [0.1, 0.15) is 52.4 Å². The monoisotopic (exact) mass is 319 g/mol. The van der Waals surface area contributed by atoms with E-state index in [0.717, 1.165) is 30.4 Å². The van der Waals surface area contributed by atoms with Crippen LogP contribution >= 0.6 is 0 Å². The van der Waals surface area contributed by atoms with Crippen LogP contribution in [0.2, 0.25) is 0 Å². The van der Waals surface area contributed by atoms with E-state index in [1.165, 1.54) is 51.7 Å². The van der Waals surface area contributed by atoms with E-state index in [0.29, 0.717) is 6.61 Å². The fourth-order valence-corrected chi connectivity index (χ4v) is 3.10. The van der Waals surface area contributed by atoms with Crippen molar-refractivity contribution in [2.75, 3.05) is 32.8 Å². The lowest BCUT2D eigenvalue weighted by atomic mass is 9.99. The highest BCUT2D eigenvalue weighted by Gasteiger charge is 2.14. The van der Waals surface area contributed by atoms with E-state index >= 15 is 0 Å². The number of ether oxygens (including phenoxy) is 2. The summed E-state index contributed by atoms with van der Waals surface area (Å²) in [4.78, 5) is 2.63. The quantitative estimate of drug-likeness (QED) is 0.581. The van der Waals surface area contributed by atoms with E-state index in [1.54, 1.807) is 0 Å². The van der Waals surface area contributed by atoms with Gasteiger partial charge in [-0.2, -0.15) is 0 Å². The van der Waals surface area contributed by atoms with Crippen molar-refractivity contribution in [3.63, 3.8) is 0 Å². The Labute approximate surface area is 142 Å². The Morgan fingerprint density at radius 1 is 0.957 bits per heavy atom. The molecule has 1 saturated heterocycles. The fraction of sp³-hybridized carbons (Fsp3) is 0.700. The van der Waals surface area contributed by atoms with Crippen molar-refractivity contribution in [2.24, 2.45) is 5.92 Å². The normalized spacial score (nSPS) is 16.4. The predicted octanol–water partition coefficient (Wildman–Crippen LogP) is 4.76. The zero-order valence-electron chi connectivity index (χ0n) is 14.9. The Kier molecular flexibility index (Phi) is 8.30. The molecule has 0 aliphatic carbocycles. The number of hydrogen-bond acceptors (Lipinski definition) is 3. The van der Waals surface area contributed by atoms with Gasteiger partial charge in [0.15, 0.2) is 11.5 Å². The smallest absolute Gasteiger partial charge is 0.161 e. The SMILES string of the molecule is CCOc1ccccc1OCCCCCCN1CCC(C)CC1. The second-order valence-corrected chi connectivity index (χ2v) is 6.67. The molecule has 0 aromatic heterocycles. The Morgan fingerprint density at radius 2 is 1.61 bits per heavy atom. The van der Waals surface area contributed by atoms with Gasteiger partial charge >= 0.3 is 0 Å². The second kappa shape index (κ2) is 10.5. The largest absolute Gasteiger partial charge is 0.490 e. The lowest BCUT2D eigenvalue weighted by molar-refractivity contribution is 0.188. The van der Waals surface area contributed by atoms with E-state index in [1.807, 2.05) is 31.2 Å². The number of para-hydroxylation sites is 2. The molecular weight excluding hydrogens is 286 g/mol. The molecule has 3 heteroatoms. The summed E-state index contributed by atoms with van der Waals surface area (Å²) in [5.74, 6) is 2.66. The summed E-state index contributed by atoms with van der Waals surface area (Å²) in [5, 5.41) is 0. The van der Waals surface area contributed by atoms with Crippen LogP contribution < -0.4 is 9.47 Å². The van der Waals surface area contributed by atoms with Crippen molar-refractivity contribution in [3.8, 4) is 11.5 Å². The summed E-state index contributed by atoms with van der Waals surface area (Å²) in [6, 6.07) is 7.94. The van der Waals surface area contributed by atoms with Gasteiger partial charge in [0.2, 0.25) is 0 Å². The highest BCUT2D eigenvalue weighted by Crippen LogP contribution is 2.26. The molecule has 1 aliphatic rings. The second-order valence-electron chi connectivity index (χ2n) is 6.67. The van der Waals surface area contributed by atoms with Gasteiger partial charge in [0.1, 0.15) is 0 Å². The number of hydrogen-bond donors (Lipinski definition) is 0. The number of unbranched alkanes of at least 4 members (excludes halogenated alkanes) is 3. The molecule has 130 valence electrons. The molecule has 0 radical (unpaired) electrons. The molecule has 0 atom stereocenters. The lowest BCUT2D eigenvalue weighted by Gasteiger charge is -2.30. The third kappa shape index (κ3) is 6.82. The average Bonchev–Trinajstić information content (AvgIpc) is 2.57. The molecular formula is C20H33NO2. The summed E-state index contributed by atoms with van der Waals surface area (Å²) in [6.45, 7) is 9.72. The van der Waals surface area contributed by atoms with Crippen LogP contribution in [-0.4, -0.2) is 37.7 Å². The molecule has 0 N–H and O–H groups in total. The van der Waals surface area contributed by atoms with Gasteiger partial charge in [0.25, 0.3) is 0 Å². The van der Waals surface area contributed by atoms with Crippen LogP contribution in [-0.2, 0) is 0 Å². The van der Waals surface area contributed by atoms with Crippen LogP contribution in [0.5, 0.6) is 11.5 Å². The Balaban J connectivity index is 1.51. The zero-order valence-corrected chi connectivity index (χ0v) is 14.9. The third-order valence-electron chi connectivity index (χ3n) is 4.65. The van der Waals surface area contributed by atoms with Crippen molar-refractivity contribution in [3.05, 3.63) is 24.3 Å². The van der Waals surface area contributed by atoms with Gasteiger partial charge in [0.05, 0.1) is 13.2 Å². The van der Waals surface area contributed by atoms with Gasteiger partial charge in [-0.15, -0.1) is 0 Å². The average molecular weight is 319 g/mol. The predicted molar refractivity (Wildman–Crippen MR) is 96.4 cm³/mol. The van der Waals surface area contributed by atoms with Crippen molar-refractivity contribution < 1.29 is 9.47 Å². The first-order chi connectivity index (χ1) is 11.3. The van der Waals surface area contributed by atoms with Gasteiger partial charge in [-0.05, 0) is 70.3 Å². The molecule has 1 aromatic rings. The molecule has 0 spiro atoms. The van der Waals surface area contributed by atoms with Crippen LogP contribution in [0.15, 0.2) is 24.3 Å². The minimum absolute atomic E-state index is 0.676. The summed E-state index contributed by atoms with van der Waals surface area (Å²) in [6.07, 6.45) is 7.77. The summed E-state index contributed by atoms with van der Waals surface area (Å²) in [7, 11) is 0. The van der Waals surface area contributed by atoms with E-state index in [-0.39, 0.29) is 0 Å². The van der Waals surface area contributed by atoms with Crippen LogP contribution in [0.25, 0.3) is 0 Å². The minimum Gasteiger partial charge on any atom is -0.490 e. The fourth-order valence-electron chi connectivity index (χ4n) is 3.10. The van der Waals surface area contributed by atoms with Crippen molar-refractivity contribution in [2.45, 2.75) is 52.4 Å². The summed E-state index contributed by atoms with van der Waals surface area (Å²) < 4.78 is 11.4. The molecule has 2 rings (SSSR count). The molecule has 1 aromatic carbocycles. The standard InChI is InChI=1S/C20H33NO2/c1-3-22-19-10-6-7-11-20(19)23-17-9-5-4-8-14-21-15-12-18(2)13-16-21/h6-7,10-11,18H,3-5,8-9,12-17H2,1-2H3. The maximum Gasteiger partial charge on any atom is 0.161 e. The third-order valence-corrected chi connectivity index (χ3v) is 4.65.